The van der Waals surface area contributed by atoms with Crippen molar-refractivity contribution in [3.63, 3.8) is 0 Å². The summed E-state index contributed by atoms with van der Waals surface area (Å²) in [4.78, 5) is 30.3. The molecular weight excluding hydrogens is 365 g/mol. The van der Waals surface area contributed by atoms with E-state index in [1.54, 1.807) is 37.8 Å². The van der Waals surface area contributed by atoms with Crippen LogP contribution in [0.1, 0.15) is 49.2 Å². The highest BCUT2D eigenvalue weighted by atomic mass is 19.1. The molecule has 1 saturated heterocycles. The summed E-state index contributed by atoms with van der Waals surface area (Å²) in [7, 11) is 0. The molecule has 2 atom stereocenters. The Hall–Kier alpha value is -2.90. The lowest BCUT2D eigenvalue weighted by molar-refractivity contribution is 0.0430. The number of ether oxygens (including phenoxy) is 1. The van der Waals surface area contributed by atoms with Crippen LogP contribution >= 0.6 is 0 Å². The maximum atomic E-state index is 13.3. The van der Waals surface area contributed by atoms with Crippen LogP contribution in [0.2, 0.25) is 0 Å². The van der Waals surface area contributed by atoms with Crippen molar-refractivity contribution in [2.24, 2.45) is 0 Å². The highest BCUT2D eigenvalue weighted by Crippen LogP contribution is 2.29. The van der Waals surface area contributed by atoms with Gasteiger partial charge in [-0.05, 0) is 44.9 Å². The molecule has 1 aromatic heterocycles. The minimum absolute atomic E-state index is 0.0769. The molecule has 0 aliphatic carbocycles. The topological polar surface area (TPSA) is 84.7 Å². The van der Waals surface area contributed by atoms with E-state index < -0.39 is 11.7 Å². The molecule has 0 saturated carbocycles. The van der Waals surface area contributed by atoms with Crippen LogP contribution in [0, 0.1) is 5.82 Å². The number of benzene rings is 1. The van der Waals surface area contributed by atoms with Crippen LogP contribution in [-0.4, -0.2) is 46.6 Å². The number of hydrogen-bond acceptors (Lipinski definition) is 5. The number of nitrogens with one attached hydrogen (secondary N) is 1. The maximum Gasteiger partial charge on any atom is 0.407 e. The van der Waals surface area contributed by atoms with Gasteiger partial charge in [-0.2, -0.15) is 0 Å². The number of piperidine rings is 1. The number of aromatic nitrogens is 1. The molecule has 0 spiro atoms. The van der Waals surface area contributed by atoms with Gasteiger partial charge in [0.05, 0.1) is 12.2 Å². The van der Waals surface area contributed by atoms with E-state index in [9.17, 15) is 14.0 Å². The van der Waals surface area contributed by atoms with E-state index in [1.807, 2.05) is 0 Å². The van der Waals surface area contributed by atoms with Gasteiger partial charge in [0.1, 0.15) is 11.4 Å². The molecule has 2 aromatic rings. The fourth-order valence-corrected chi connectivity index (χ4v) is 3.33. The first-order valence-corrected chi connectivity index (χ1v) is 9.15. The minimum Gasteiger partial charge on any atom is -0.444 e. The predicted octanol–water partition coefficient (Wildman–Crippen LogP) is 3.34. The number of amides is 2. The standard InChI is InChI=1S/C20H24FN3O4/c1-20(2,3)28-19(26)23-16-11-24(18(25)17-10-22-12-27-17)9-8-15(16)13-4-6-14(21)7-5-13/h4-7,10,12,15-16H,8-9,11H2,1-3H3,(H,23,26)/t15-,16+/m0/s1. The number of hydrogen-bond donors (Lipinski definition) is 1. The monoisotopic (exact) mass is 389 g/mol. The molecule has 1 aliphatic rings. The van der Waals surface area contributed by atoms with Gasteiger partial charge in [0, 0.05) is 19.0 Å². The average molecular weight is 389 g/mol. The highest BCUT2D eigenvalue weighted by molar-refractivity contribution is 5.91. The van der Waals surface area contributed by atoms with Gasteiger partial charge in [0.15, 0.2) is 6.39 Å². The van der Waals surface area contributed by atoms with E-state index in [0.717, 1.165) is 5.56 Å². The molecule has 7 nitrogen and oxygen atoms in total. The average Bonchev–Trinajstić information content (AvgIpc) is 3.15. The van der Waals surface area contributed by atoms with E-state index >= 15 is 0 Å². The minimum atomic E-state index is -0.639. The van der Waals surface area contributed by atoms with Crippen LogP contribution in [0.3, 0.4) is 0 Å². The van der Waals surface area contributed by atoms with Crippen LogP contribution in [0.5, 0.6) is 0 Å². The van der Waals surface area contributed by atoms with Gasteiger partial charge >= 0.3 is 6.09 Å². The molecule has 0 unspecified atom stereocenters. The van der Waals surface area contributed by atoms with Crippen molar-refractivity contribution in [2.45, 2.75) is 44.8 Å². The normalized spacial score (nSPS) is 19.9. The van der Waals surface area contributed by atoms with Crippen molar-refractivity contribution in [2.75, 3.05) is 13.1 Å². The molecule has 2 amide bonds. The molecule has 1 aromatic carbocycles. The fraction of sp³-hybridized carbons (Fsp3) is 0.450. The lowest BCUT2D eigenvalue weighted by atomic mass is 9.85. The molecule has 1 aliphatic heterocycles. The molecule has 8 heteroatoms. The van der Waals surface area contributed by atoms with E-state index in [2.05, 4.69) is 10.3 Å². The summed E-state index contributed by atoms with van der Waals surface area (Å²) in [6, 6.07) is 5.81. The molecule has 150 valence electrons. The summed E-state index contributed by atoms with van der Waals surface area (Å²) in [5, 5.41) is 2.87. The van der Waals surface area contributed by atoms with Crippen molar-refractivity contribution in [3.05, 3.63) is 54.0 Å². The Morgan fingerprint density at radius 3 is 2.61 bits per heavy atom. The second kappa shape index (κ2) is 8.00. The Morgan fingerprint density at radius 2 is 2.00 bits per heavy atom. The van der Waals surface area contributed by atoms with E-state index in [-0.39, 0.29) is 36.0 Å². The number of rotatable bonds is 3. The second-order valence-electron chi connectivity index (χ2n) is 7.82. The van der Waals surface area contributed by atoms with Crippen molar-refractivity contribution in [3.8, 4) is 0 Å². The molecular formula is C20H24FN3O4. The van der Waals surface area contributed by atoms with Crippen molar-refractivity contribution < 1.29 is 23.1 Å². The number of carbonyl (C=O) groups is 2. The number of halogens is 1. The zero-order valence-corrected chi connectivity index (χ0v) is 16.1. The summed E-state index contributed by atoms with van der Waals surface area (Å²) in [5.74, 6) is -0.535. The van der Waals surface area contributed by atoms with E-state index in [1.165, 1.54) is 24.7 Å². The third-order valence-corrected chi connectivity index (χ3v) is 4.54. The first-order valence-electron chi connectivity index (χ1n) is 9.15. The van der Waals surface area contributed by atoms with Crippen LogP contribution in [0.15, 0.2) is 41.3 Å². The molecule has 28 heavy (non-hydrogen) atoms. The Labute approximate surface area is 162 Å². The number of carbonyl (C=O) groups excluding carboxylic acids is 2. The molecule has 0 bridgehead atoms. The summed E-state index contributed by atoms with van der Waals surface area (Å²) < 4.78 is 23.8. The zero-order chi connectivity index (χ0) is 20.3. The van der Waals surface area contributed by atoms with Gasteiger partial charge in [-0.25, -0.2) is 14.2 Å². The number of nitrogens with zero attached hydrogens (tertiary/aromatic N) is 2. The number of alkyl carbamates (subject to hydrolysis) is 1. The summed E-state index contributed by atoms with van der Waals surface area (Å²) in [5.41, 5.74) is 0.258. The Bertz CT molecular complexity index is 815. The van der Waals surface area contributed by atoms with Crippen molar-refractivity contribution in [1.29, 1.82) is 0 Å². The predicted molar refractivity (Wildman–Crippen MR) is 99.3 cm³/mol. The first-order chi connectivity index (χ1) is 13.2. The summed E-state index contributed by atoms with van der Waals surface area (Å²) in [6.45, 7) is 6.11. The van der Waals surface area contributed by atoms with Crippen LogP contribution in [-0.2, 0) is 4.74 Å². The van der Waals surface area contributed by atoms with Crippen LogP contribution in [0.25, 0.3) is 0 Å². The smallest absolute Gasteiger partial charge is 0.407 e. The van der Waals surface area contributed by atoms with Crippen molar-refractivity contribution in [1.82, 2.24) is 15.2 Å². The molecule has 1 N–H and O–H groups in total. The third-order valence-electron chi connectivity index (χ3n) is 4.54. The van der Waals surface area contributed by atoms with Crippen molar-refractivity contribution >= 4 is 12.0 Å². The maximum absolute atomic E-state index is 13.3. The van der Waals surface area contributed by atoms with Gasteiger partial charge in [-0.1, -0.05) is 12.1 Å². The van der Waals surface area contributed by atoms with E-state index in [0.29, 0.717) is 13.0 Å². The fourth-order valence-electron chi connectivity index (χ4n) is 3.33. The Morgan fingerprint density at radius 1 is 1.29 bits per heavy atom. The van der Waals surface area contributed by atoms with Gasteiger partial charge in [-0.3, -0.25) is 4.79 Å². The van der Waals surface area contributed by atoms with Crippen LogP contribution < -0.4 is 5.32 Å². The first kappa shape index (κ1) is 19.9. The van der Waals surface area contributed by atoms with Gasteiger partial charge in [0.2, 0.25) is 5.76 Å². The van der Waals surface area contributed by atoms with Gasteiger partial charge in [0.25, 0.3) is 5.91 Å². The molecule has 0 radical (unpaired) electrons. The second-order valence-corrected chi connectivity index (χ2v) is 7.82. The SMILES string of the molecule is CC(C)(C)OC(=O)N[C@@H]1CN(C(=O)c2cnco2)CC[C@H]1c1ccc(F)cc1. The van der Waals surface area contributed by atoms with Crippen LogP contribution in [0.4, 0.5) is 9.18 Å². The Balaban J connectivity index is 1.79. The third kappa shape index (κ3) is 4.88. The lowest BCUT2D eigenvalue weighted by Gasteiger charge is -2.39. The van der Waals surface area contributed by atoms with E-state index in [4.69, 9.17) is 9.15 Å². The zero-order valence-electron chi connectivity index (χ0n) is 16.1. The quantitative estimate of drug-likeness (QED) is 0.870. The number of oxazole rings is 1. The molecule has 1 fully saturated rings. The largest absolute Gasteiger partial charge is 0.444 e. The van der Waals surface area contributed by atoms with Gasteiger partial charge in [-0.15, -0.1) is 0 Å². The summed E-state index contributed by atoms with van der Waals surface area (Å²) >= 11 is 0. The highest BCUT2D eigenvalue weighted by Gasteiger charge is 2.35. The molecule has 3 rings (SSSR count). The molecule has 2 heterocycles. The lowest BCUT2D eigenvalue weighted by Crippen LogP contribution is -2.53. The summed E-state index contributed by atoms with van der Waals surface area (Å²) in [6.07, 6.45) is 2.62. The van der Waals surface area contributed by atoms with Gasteiger partial charge < -0.3 is 19.4 Å². The number of likely N-dealkylation sites (tertiary alicyclic amines) is 1. The Kier molecular flexibility index (Phi) is 5.67.